The molecule has 0 aliphatic heterocycles. The first-order chi connectivity index (χ1) is 6.38. The third kappa shape index (κ3) is 2.05. The van der Waals surface area contributed by atoms with E-state index >= 15 is 0 Å². The van der Waals surface area contributed by atoms with E-state index < -0.39 is 6.03 Å². The molecule has 2 unspecified atom stereocenters. The van der Waals surface area contributed by atoms with Gasteiger partial charge in [-0.2, -0.15) is 5.10 Å². The minimum Gasteiger partial charge on any atom is -0.350 e. The molecule has 0 radical (unpaired) electrons. The number of amides is 2. The van der Waals surface area contributed by atoms with Crippen LogP contribution in [0, 0.1) is 17.3 Å². The average molecular weight is 197 g/mol. The van der Waals surface area contributed by atoms with E-state index in [1.807, 2.05) is 6.92 Å². The van der Waals surface area contributed by atoms with E-state index in [-0.39, 0.29) is 0 Å². The van der Waals surface area contributed by atoms with Crippen LogP contribution in [0.3, 0.4) is 0 Å². The van der Waals surface area contributed by atoms with Crippen molar-refractivity contribution in [2.45, 2.75) is 34.1 Å². The highest BCUT2D eigenvalue weighted by Crippen LogP contribution is 2.57. The molecule has 3 N–H and O–H groups in total. The van der Waals surface area contributed by atoms with Crippen molar-refractivity contribution in [2.75, 3.05) is 0 Å². The molecular formula is C10H19N3O. The number of nitrogens with zero attached hydrogens (tertiary/aromatic N) is 1. The van der Waals surface area contributed by atoms with Gasteiger partial charge >= 0.3 is 6.03 Å². The molecule has 4 heteroatoms. The van der Waals surface area contributed by atoms with Crippen molar-refractivity contribution in [3.8, 4) is 0 Å². The lowest BCUT2D eigenvalue weighted by atomic mass is 9.91. The number of rotatable bonds is 3. The van der Waals surface area contributed by atoms with Crippen LogP contribution in [0.1, 0.15) is 34.1 Å². The number of hydrogen-bond donors (Lipinski definition) is 2. The van der Waals surface area contributed by atoms with E-state index in [4.69, 9.17) is 5.73 Å². The van der Waals surface area contributed by atoms with Gasteiger partial charge in [-0.15, -0.1) is 0 Å². The Labute approximate surface area is 84.9 Å². The fourth-order valence-corrected chi connectivity index (χ4v) is 1.87. The van der Waals surface area contributed by atoms with Gasteiger partial charge in [0.25, 0.3) is 0 Å². The molecule has 1 saturated carbocycles. The lowest BCUT2D eigenvalue weighted by Crippen LogP contribution is -2.26. The smallest absolute Gasteiger partial charge is 0.332 e. The summed E-state index contributed by atoms with van der Waals surface area (Å²) in [5.74, 6) is 1.14. The Balaban J connectivity index is 2.54. The van der Waals surface area contributed by atoms with Gasteiger partial charge in [0, 0.05) is 11.6 Å². The number of urea groups is 1. The Bertz CT molecular complexity index is 273. The van der Waals surface area contributed by atoms with Crippen molar-refractivity contribution in [3.05, 3.63) is 0 Å². The number of hydrogen-bond acceptors (Lipinski definition) is 2. The second kappa shape index (κ2) is 3.59. The monoisotopic (exact) mass is 197 g/mol. The summed E-state index contributed by atoms with van der Waals surface area (Å²) in [6, 6.07) is -0.601. The molecule has 0 aromatic carbocycles. The Morgan fingerprint density at radius 2 is 2.21 bits per heavy atom. The maximum absolute atomic E-state index is 10.4. The third-order valence-corrected chi connectivity index (χ3v) is 3.45. The fourth-order valence-electron chi connectivity index (χ4n) is 1.87. The Morgan fingerprint density at radius 3 is 2.57 bits per heavy atom. The second-order valence-corrected chi connectivity index (χ2v) is 4.65. The molecule has 1 aliphatic rings. The number of carbonyl (C=O) groups excluding carboxylic acids is 1. The summed E-state index contributed by atoms with van der Waals surface area (Å²) in [7, 11) is 0. The normalized spacial score (nSPS) is 31.8. The lowest BCUT2D eigenvalue weighted by Gasteiger charge is -2.15. The standard InChI is InChI=1S/C10H19N3O/c1-6(2)10(4)5-8(10)7(3)12-13-9(11)14/h6,8H,5H2,1-4H3,(H3,11,13,14)/b12-7-. The number of nitrogens with two attached hydrogens (primary N) is 1. The first-order valence-corrected chi connectivity index (χ1v) is 4.97. The van der Waals surface area contributed by atoms with E-state index in [0.717, 1.165) is 12.1 Å². The molecule has 14 heavy (non-hydrogen) atoms. The van der Waals surface area contributed by atoms with E-state index in [0.29, 0.717) is 17.3 Å². The Morgan fingerprint density at radius 1 is 1.64 bits per heavy atom. The minimum absolute atomic E-state index is 0.354. The van der Waals surface area contributed by atoms with Crippen LogP contribution >= 0.6 is 0 Å². The molecule has 1 fully saturated rings. The van der Waals surface area contributed by atoms with Crippen molar-refractivity contribution < 1.29 is 4.79 Å². The van der Waals surface area contributed by atoms with Crippen LogP contribution in [0.2, 0.25) is 0 Å². The van der Waals surface area contributed by atoms with Crippen LogP contribution in [0.15, 0.2) is 5.10 Å². The predicted molar refractivity (Wildman–Crippen MR) is 56.9 cm³/mol. The van der Waals surface area contributed by atoms with Crippen LogP contribution in [0.5, 0.6) is 0 Å². The summed E-state index contributed by atoms with van der Waals surface area (Å²) < 4.78 is 0. The molecule has 2 atom stereocenters. The summed E-state index contributed by atoms with van der Waals surface area (Å²) >= 11 is 0. The highest BCUT2D eigenvalue weighted by atomic mass is 16.2. The van der Waals surface area contributed by atoms with Crippen LogP contribution in [0.25, 0.3) is 0 Å². The second-order valence-electron chi connectivity index (χ2n) is 4.65. The number of primary amides is 1. The van der Waals surface area contributed by atoms with Gasteiger partial charge in [0.2, 0.25) is 0 Å². The van der Waals surface area contributed by atoms with E-state index in [2.05, 4.69) is 31.3 Å². The number of hydrazone groups is 1. The van der Waals surface area contributed by atoms with Crippen LogP contribution in [-0.4, -0.2) is 11.7 Å². The van der Waals surface area contributed by atoms with E-state index in [9.17, 15) is 4.79 Å². The highest BCUT2D eigenvalue weighted by Gasteiger charge is 2.53. The maximum Gasteiger partial charge on any atom is 0.332 e. The van der Waals surface area contributed by atoms with Crippen LogP contribution in [0.4, 0.5) is 4.79 Å². The van der Waals surface area contributed by atoms with Crippen molar-refractivity contribution >= 4 is 11.7 Å². The van der Waals surface area contributed by atoms with Gasteiger partial charge in [0.1, 0.15) is 0 Å². The first-order valence-electron chi connectivity index (χ1n) is 4.97. The summed E-state index contributed by atoms with van der Waals surface area (Å²) in [4.78, 5) is 10.4. The topological polar surface area (TPSA) is 67.5 Å². The Hall–Kier alpha value is -1.06. The zero-order valence-electron chi connectivity index (χ0n) is 9.29. The van der Waals surface area contributed by atoms with Gasteiger partial charge in [0.15, 0.2) is 0 Å². The molecule has 4 nitrogen and oxygen atoms in total. The fraction of sp³-hybridized carbons (Fsp3) is 0.800. The molecule has 0 saturated heterocycles. The number of nitrogens with one attached hydrogen (secondary N) is 1. The van der Waals surface area contributed by atoms with Crippen LogP contribution in [-0.2, 0) is 0 Å². The zero-order valence-corrected chi connectivity index (χ0v) is 9.29. The van der Waals surface area contributed by atoms with Gasteiger partial charge in [0.05, 0.1) is 0 Å². The summed E-state index contributed by atoms with van der Waals surface area (Å²) in [6.07, 6.45) is 1.15. The van der Waals surface area contributed by atoms with Crippen molar-refractivity contribution in [1.82, 2.24) is 5.43 Å². The maximum atomic E-state index is 10.4. The molecule has 0 aromatic heterocycles. The lowest BCUT2D eigenvalue weighted by molar-refractivity contribution is 0.249. The summed E-state index contributed by atoms with van der Waals surface area (Å²) in [5, 5.41) is 3.96. The molecule has 0 heterocycles. The predicted octanol–water partition coefficient (Wildman–Crippen LogP) is 1.71. The summed E-state index contributed by atoms with van der Waals surface area (Å²) in [6.45, 7) is 8.63. The summed E-state index contributed by atoms with van der Waals surface area (Å²) in [5.41, 5.74) is 8.53. The average Bonchev–Trinajstić information content (AvgIpc) is 2.75. The first kappa shape index (κ1) is 11.0. The van der Waals surface area contributed by atoms with Gasteiger partial charge in [-0.1, -0.05) is 20.8 Å². The van der Waals surface area contributed by atoms with Crippen LogP contribution < -0.4 is 11.2 Å². The molecule has 2 amide bonds. The van der Waals surface area contributed by atoms with Crippen molar-refractivity contribution in [3.63, 3.8) is 0 Å². The molecule has 0 spiro atoms. The molecule has 0 bridgehead atoms. The molecule has 1 rings (SSSR count). The quantitative estimate of drug-likeness (QED) is 0.525. The van der Waals surface area contributed by atoms with Gasteiger partial charge in [-0.25, -0.2) is 10.2 Å². The molecular weight excluding hydrogens is 178 g/mol. The van der Waals surface area contributed by atoms with Gasteiger partial charge in [-0.3, -0.25) is 0 Å². The SMILES string of the molecule is C/C(=N/NC(N)=O)C1CC1(C)C(C)C. The van der Waals surface area contributed by atoms with E-state index in [1.54, 1.807) is 0 Å². The zero-order chi connectivity index (χ0) is 10.9. The largest absolute Gasteiger partial charge is 0.350 e. The third-order valence-electron chi connectivity index (χ3n) is 3.45. The van der Waals surface area contributed by atoms with Crippen molar-refractivity contribution in [1.29, 1.82) is 0 Å². The van der Waals surface area contributed by atoms with E-state index in [1.165, 1.54) is 0 Å². The molecule has 80 valence electrons. The van der Waals surface area contributed by atoms with Gasteiger partial charge < -0.3 is 5.73 Å². The van der Waals surface area contributed by atoms with Crippen molar-refractivity contribution in [2.24, 2.45) is 28.1 Å². The minimum atomic E-state index is -0.601. The number of carbonyl (C=O) groups is 1. The Kier molecular flexibility index (Phi) is 2.83. The highest BCUT2D eigenvalue weighted by molar-refractivity contribution is 5.88. The van der Waals surface area contributed by atoms with Gasteiger partial charge in [-0.05, 0) is 24.7 Å². The molecule has 1 aliphatic carbocycles. The molecule has 0 aromatic rings.